The van der Waals surface area contributed by atoms with E-state index < -0.39 is 6.09 Å². The van der Waals surface area contributed by atoms with Gasteiger partial charge >= 0.3 is 6.09 Å². The van der Waals surface area contributed by atoms with Gasteiger partial charge in [-0.2, -0.15) is 0 Å². The van der Waals surface area contributed by atoms with Gasteiger partial charge in [-0.25, -0.2) is 9.78 Å². The first-order valence-electron chi connectivity index (χ1n) is 8.88. The van der Waals surface area contributed by atoms with Crippen LogP contribution < -0.4 is 10.1 Å². The molecule has 1 unspecified atom stereocenters. The van der Waals surface area contributed by atoms with Crippen molar-refractivity contribution < 1.29 is 19.4 Å². The summed E-state index contributed by atoms with van der Waals surface area (Å²) in [7, 11) is 0. The number of hydrogen-bond acceptors (Lipinski definition) is 6. The summed E-state index contributed by atoms with van der Waals surface area (Å²) in [4.78, 5) is 18.4. The van der Waals surface area contributed by atoms with Gasteiger partial charge in [0, 0.05) is 28.9 Å². The van der Waals surface area contributed by atoms with E-state index >= 15 is 0 Å². The van der Waals surface area contributed by atoms with Gasteiger partial charge in [0.25, 0.3) is 0 Å². The molecule has 1 saturated heterocycles. The first kappa shape index (κ1) is 17.8. The van der Waals surface area contributed by atoms with Crippen molar-refractivity contribution in [2.45, 2.75) is 32.4 Å². The van der Waals surface area contributed by atoms with Gasteiger partial charge in [0.2, 0.25) is 5.88 Å². The van der Waals surface area contributed by atoms with E-state index in [-0.39, 0.29) is 6.10 Å². The lowest BCUT2D eigenvalue weighted by atomic mass is 10.1. The molecule has 4 rings (SSSR count). The van der Waals surface area contributed by atoms with Crippen LogP contribution in [0, 0.1) is 0 Å². The Morgan fingerprint density at radius 1 is 1.48 bits per heavy atom. The average molecular weight is 387 g/mol. The fourth-order valence-electron chi connectivity index (χ4n) is 3.32. The topological polar surface area (TPSA) is 83.9 Å². The molecule has 8 heteroatoms. The van der Waals surface area contributed by atoms with E-state index in [0.29, 0.717) is 30.4 Å². The first-order valence-corrected chi connectivity index (χ1v) is 9.76. The number of hydrogen-bond donors (Lipinski definition) is 2. The number of thiophene rings is 1. The van der Waals surface area contributed by atoms with Crippen LogP contribution in [0.2, 0.25) is 0 Å². The van der Waals surface area contributed by atoms with Gasteiger partial charge in [-0.05, 0) is 43.3 Å². The molecule has 27 heavy (non-hydrogen) atoms. The van der Waals surface area contributed by atoms with Crippen LogP contribution in [-0.2, 0) is 11.3 Å². The quantitative estimate of drug-likeness (QED) is 0.825. The standard InChI is InChI=1S/C19H21N3O4S/c1-12-17(14-6-9-27-16(14)10-22(12)19(23)24)21-15-5-2-7-20-18(15)26-13-4-3-8-25-11-13/h2,5-7,9,13,21H,3-4,8,10-11H2,1H3,(H,23,24). The molecule has 1 atom stereocenters. The zero-order valence-corrected chi connectivity index (χ0v) is 15.8. The van der Waals surface area contributed by atoms with Crippen LogP contribution >= 0.6 is 11.3 Å². The number of fused-ring (bicyclic) bond motifs is 1. The lowest BCUT2D eigenvalue weighted by Gasteiger charge is -2.29. The highest BCUT2D eigenvalue weighted by molar-refractivity contribution is 7.10. The maximum absolute atomic E-state index is 11.6. The second-order valence-electron chi connectivity index (χ2n) is 6.52. The molecule has 2 N–H and O–H groups in total. The van der Waals surface area contributed by atoms with E-state index in [2.05, 4.69) is 10.3 Å². The summed E-state index contributed by atoms with van der Waals surface area (Å²) in [6, 6.07) is 5.73. The zero-order chi connectivity index (χ0) is 18.8. The third-order valence-electron chi connectivity index (χ3n) is 4.74. The fraction of sp³-hybridized carbons (Fsp3) is 0.368. The van der Waals surface area contributed by atoms with Crippen LogP contribution in [0.1, 0.15) is 30.2 Å². The van der Waals surface area contributed by atoms with Gasteiger partial charge in [-0.15, -0.1) is 11.3 Å². The van der Waals surface area contributed by atoms with Crippen molar-refractivity contribution in [1.29, 1.82) is 0 Å². The number of carboxylic acid groups (broad SMARTS) is 1. The van der Waals surface area contributed by atoms with E-state index in [1.807, 2.05) is 30.5 Å². The Balaban J connectivity index is 1.65. The highest BCUT2D eigenvalue weighted by Gasteiger charge is 2.28. The molecule has 4 heterocycles. The number of pyridine rings is 1. The van der Waals surface area contributed by atoms with E-state index in [1.54, 1.807) is 17.5 Å². The summed E-state index contributed by atoms with van der Waals surface area (Å²) >= 11 is 1.55. The molecule has 1 fully saturated rings. The predicted octanol–water partition coefficient (Wildman–Crippen LogP) is 4.00. The zero-order valence-electron chi connectivity index (χ0n) is 15.0. The molecule has 0 radical (unpaired) electrons. The molecule has 0 aliphatic carbocycles. The smallest absolute Gasteiger partial charge is 0.411 e. The number of nitrogens with one attached hydrogen (secondary N) is 1. The van der Waals surface area contributed by atoms with Gasteiger partial charge in [-0.1, -0.05) is 0 Å². The third-order valence-corrected chi connectivity index (χ3v) is 5.65. The molecule has 1 amide bonds. The van der Waals surface area contributed by atoms with Crippen molar-refractivity contribution in [2.75, 3.05) is 18.5 Å². The number of ether oxygens (including phenoxy) is 2. The maximum atomic E-state index is 11.6. The summed E-state index contributed by atoms with van der Waals surface area (Å²) in [5.74, 6) is 0.498. The molecule has 0 spiro atoms. The Hall–Kier alpha value is -2.58. The molecule has 2 aliphatic rings. The monoisotopic (exact) mass is 387 g/mol. The van der Waals surface area contributed by atoms with Crippen molar-refractivity contribution in [2.24, 2.45) is 0 Å². The van der Waals surface area contributed by atoms with Crippen molar-refractivity contribution >= 4 is 28.8 Å². The predicted molar refractivity (Wildman–Crippen MR) is 103 cm³/mol. The Labute approximate surface area is 161 Å². The van der Waals surface area contributed by atoms with Crippen LogP contribution in [0.5, 0.6) is 5.88 Å². The van der Waals surface area contributed by atoms with E-state index in [1.165, 1.54) is 4.90 Å². The second-order valence-corrected chi connectivity index (χ2v) is 7.53. The molecular weight excluding hydrogens is 366 g/mol. The van der Waals surface area contributed by atoms with E-state index in [9.17, 15) is 9.90 Å². The van der Waals surface area contributed by atoms with Crippen LogP contribution in [-0.4, -0.2) is 40.4 Å². The maximum Gasteiger partial charge on any atom is 0.411 e. The number of aromatic nitrogens is 1. The minimum atomic E-state index is -0.965. The van der Waals surface area contributed by atoms with Crippen LogP contribution in [0.4, 0.5) is 10.5 Å². The van der Waals surface area contributed by atoms with Crippen molar-refractivity contribution in [3.63, 3.8) is 0 Å². The largest absolute Gasteiger partial charge is 0.470 e. The van der Waals surface area contributed by atoms with Gasteiger partial charge in [0.1, 0.15) is 11.8 Å². The molecule has 0 aromatic carbocycles. The second kappa shape index (κ2) is 7.58. The molecule has 142 valence electrons. The molecule has 2 aromatic rings. The molecule has 2 aliphatic heterocycles. The normalized spacial score (nSPS) is 19.6. The molecular formula is C19H21N3O4S. The van der Waals surface area contributed by atoms with E-state index in [4.69, 9.17) is 9.47 Å². The van der Waals surface area contributed by atoms with Crippen molar-refractivity contribution in [3.8, 4) is 5.88 Å². The summed E-state index contributed by atoms with van der Waals surface area (Å²) in [6.45, 7) is 3.50. The summed E-state index contributed by atoms with van der Waals surface area (Å²) in [5.41, 5.74) is 3.15. The van der Waals surface area contributed by atoms with Crippen LogP contribution in [0.15, 0.2) is 35.5 Å². The van der Waals surface area contributed by atoms with Gasteiger partial charge in [0.05, 0.1) is 18.8 Å². The first-order chi connectivity index (χ1) is 13.1. The number of nitrogens with zero attached hydrogens (tertiary/aromatic N) is 2. The Morgan fingerprint density at radius 2 is 2.37 bits per heavy atom. The lowest BCUT2D eigenvalue weighted by Crippen LogP contribution is -2.32. The number of rotatable bonds is 4. The van der Waals surface area contributed by atoms with Crippen LogP contribution in [0.3, 0.4) is 0 Å². The number of anilines is 1. The minimum absolute atomic E-state index is 0.0251. The van der Waals surface area contributed by atoms with Gasteiger partial charge in [0.15, 0.2) is 0 Å². The van der Waals surface area contributed by atoms with E-state index in [0.717, 1.165) is 35.6 Å². The number of amides is 1. The van der Waals surface area contributed by atoms with Crippen LogP contribution in [0.25, 0.3) is 5.70 Å². The molecule has 0 bridgehead atoms. The van der Waals surface area contributed by atoms with Crippen molar-refractivity contribution in [3.05, 3.63) is 45.9 Å². The number of carbonyl (C=O) groups is 1. The Bertz CT molecular complexity index is 873. The summed E-state index contributed by atoms with van der Waals surface area (Å²) < 4.78 is 11.5. The molecule has 2 aromatic heterocycles. The number of allylic oxidation sites excluding steroid dienone is 1. The molecule has 0 saturated carbocycles. The third kappa shape index (κ3) is 3.63. The van der Waals surface area contributed by atoms with Crippen molar-refractivity contribution in [1.82, 2.24) is 9.88 Å². The SMILES string of the molecule is CC1=C(Nc2cccnc2OC2CCCOC2)c2ccsc2CN1C(=O)O. The average Bonchev–Trinajstić information content (AvgIpc) is 3.14. The van der Waals surface area contributed by atoms with Gasteiger partial charge in [-0.3, -0.25) is 4.90 Å². The fourth-order valence-corrected chi connectivity index (χ4v) is 4.19. The molecule has 7 nitrogen and oxygen atoms in total. The highest BCUT2D eigenvalue weighted by Crippen LogP contribution is 2.37. The summed E-state index contributed by atoms with van der Waals surface area (Å²) in [5, 5.41) is 14.9. The minimum Gasteiger partial charge on any atom is -0.470 e. The lowest BCUT2D eigenvalue weighted by molar-refractivity contribution is 0.00585. The Morgan fingerprint density at radius 3 is 3.15 bits per heavy atom. The van der Waals surface area contributed by atoms with Gasteiger partial charge < -0.3 is 19.9 Å². The Kier molecular flexibility index (Phi) is 5.00. The highest BCUT2D eigenvalue weighted by atomic mass is 32.1. The summed E-state index contributed by atoms with van der Waals surface area (Å²) in [6.07, 6.45) is 2.59.